The van der Waals surface area contributed by atoms with E-state index in [1.54, 1.807) is 0 Å². The van der Waals surface area contributed by atoms with Crippen LogP contribution in [-0.4, -0.2) is 26.2 Å². The van der Waals surface area contributed by atoms with Gasteiger partial charge >= 0.3 is 11.9 Å². The van der Waals surface area contributed by atoms with Crippen LogP contribution in [0.3, 0.4) is 0 Å². The standard InChI is InChI=1S/C12H14O4.C2H6/c1-15-11(13)10(12(14)16-2)8-9-6-4-3-5-7-9;1-2/h3-7,10H,8H2,1-2H3;1-2H3. The van der Waals surface area contributed by atoms with Gasteiger partial charge in [-0.05, 0) is 12.0 Å². The molecule has 4 nitrogen and oxygen atoms in total. The molecule has 0 aliphatic carbocycles. The van der Waals surface area contributed by atoms with Crippen molar-refractivity contribution in [3.63, 3.8) is 0 Å². The van der Waals surface area contributed by atoms with Crippen molar-refractivity contribution < 1.29 is 19.1 Å². The highest BCUT2D eigenvalue weighted by Gasteiger charge is 2.28. The van der Waals surface area contributed by atoms with Crippen molar-refractivity contribution in [1.29, 1.82) is 0 Å². The van der Waals surface area contributed by atoms with Crippen molar-refractivity contribution in [3.05, 3.63) is 35.9 Å². The molecule has 0 bridgehead atoms. The summed E-state index contributed by atoms with van der Waals surface area (Å²) in [5.41, 5.74) is 0.892. The third-order valence-electron chi connectivity index (χ3n) is 2.25. The summed E-state index contributed by atoms with van der Waals surface area (Å²) in [4.78, 5) is 22.8. The van der Waals surface area contributed by atoms with Gasteiger partial charge in [0.2, 0.25) is 0 Å². The van der Waals surface area contributed by atoms with Gasteiger partial charge in [-0.3, -0.25) is 9.59 Å². The molecule has 0 N–H and O–H groups in total. The lowest BCUT2D eigenvalue weighted by Gasteiger charge is -2.12. The van der Waals surface area contributed by atoms with Crippen LogP contribution in [-0.2, 0) is 25.5 Å². The average Bonchev–Trinajstić information content (AvgIpc) is 2.46. The zero-order chi connectivity index (χ0) is 14.0. The molecule has 0 unspecified atom stereocenters. The molecule has 1 rings (SSSR count). The first-order valence-electron chi connectivity index (χ1n) is 5.88. The molecular formula is C14H20O4. The summed E-state index contributed by atoms with van der Waals surface area (Å²) in [7, 11) is 2.51. The Kier molecular flexibility index (Phi) is 8.27. The summed E-state index contributed by atoms with van der Waals surface area (Å²) in [5.74, 6) is -2.04. The van der Waals surface area contributed by atoms with Gasteiger partial charge in [0.15, 0.2) is 5.92 Å². The van der Waals surface area contributed by atoms with E-state index in [0.717, 1.165) is 5.56 Å². The second-order valence-electron chi connectivity index (χ2n) is 3.29. The predicted octanol–water partition coefficient (Wildman–Crippen LogP) is 2.22. The minimum Gasteiger partial charge on any atom is -0.468 e. The number of ether oxygens (including phenoxy) is 2. The molecule has 0 aromatic heterocycles. The van der Waals surface area contributed by atoms with Crippen LogP contribution in [0.5, 0.6) is 0 Å². The number of esters is 2. The van der Waals surface area contributed by atoms with Crippen LogP contribution in [0.4, 0.5) is 0 Å². The van der Waals surface area contributed by atoms with Gasteiger partial charge in [-0.15, -0.1) is 0 Å². The first-order chi connectivity index (χ1) is 8.69. The van der Waals surface area contributed by atoms with Crippen molar-refractivity contribution in [2.75, 3.05) is 14.2 Å². The van der Waals surface area contributed by atoms with Gasteiger partial charge in [-0.2, -0.15) is 0 Å². The van der Waals surface area contributed by atoms with E-state index in [9.17, 15) is 9.59 Å². The Morgan fingerprint density at radius 3 is 1.83 bits per heavy atom. The molecule has 0 fully saturated rings. The maximum Gasteiger partial charge on any atom is 0.320 e. The number of benzene rings is 1. The summed E-state index contributed by atoms with van der Waals surface area (Å²) in [5, 5.41) is 0. The Morgan fingerprint density at radius 2 is 1.44 bits per heavy atom. The van der Waals surface area contributed by atoms with Crippen molar-refractivity contribution in [2.45, 2.75) is 20.3 Å². The maximum absolute atomic E-state index is 11.4. The van der Waals surface area contributed by atoms with E-state index in [1.807, 2.05) is 44.2 Å². The van der Waals surface area contributed by atoms with Gasteiger partial charge in [0.1, 0.15) is 0 Å². The fraction of sp³-hybridized carbons (Fsp3) is 0.429. The zero-order valence-corrected chi connectivity index (χ0v) is 11.3. The molecule has 1 aromatic rings. The lowest BCUT2D eigenvalue weighted by Crippen LogP contribution is -2.28. The zero-order valence-electron chi connectivity index (χ0n) is 11.3. The Balaban J connectivity index is 0.00000137. The molecule has 1 aromatic carbocycles. The molecule has 0 amide bonds. The maximum atomic E-state index is 11.4. The van der Waals surface area contributed by atoms with Gasteiger partial charge in [0.05, 0.1) is 14.2 Å². The predicted molar refractivity (Wildman–Crippen MR) is 69.0 cm³/mol. The largest absolute Gasteiger partial charge is 0.468 e. The van der Waals surface area contributed by atoms with Crippen molar-refractivity contribution in [2.24, 2.45) is 5.92 Å². The highest BCUT2D eigenvalue weighted by Crippen LogP contribution is 2.11. The van der Waals surface area contributed by atoms with E-state index in [4.69, 9.17) is 0 Å². The number of methoxy groups -OCH3 is 2. The molecule has 0 saturated carbocycles. The molecular weight excluding hydrogens is 232 g/mol. The van der Waals surface area contributed by atoms with E-state index < -0.39 is 17.9 Å². The van der Waals surface area contributed by atoms with Crippen LogP contribution in [0, 0.1) is 5.92 Å². The summed E-state index contributed by atoms with van der Waals surface area (Å²) in [6, 6.07) is 9.26. The quantitative estimate of drug-likeness (QED) is 0.609. The monoisotopic (exact) mass is 252 g/mol. The van der Waals surface area contributed by atoms with E-state index >= 15 is 0 Å². The minimum atomic E-state index is -0.891. The van der Waals surface area contributed by atoms with Crippen LogP contribution in [0.25, 0.3) is 0 Å². The fourth-order valence-electron chi connectivity index (χ4n) is 1.40. The van der Waals surface area contributed by atoms with E-state index in [1.165, 1.54) is 14.2 Å². The number of rotatable bonds is 4. The summed E-state index contributed by atoms with van der Waals surface area (Å²) in [6.45, 7) is 4.00. The highest BCUT2D eigenvalue weighted by molar-refractivity contribution is 5.95. The number of carbonyl (C=O) groups is 2. The normalized spacial score (nSPS) is 9.17. The molecule has 0 heterocycles. The average molecular weight is 252 g/mol. The Bertz CT molecular complexity index is 343. The smallest absolute Gasteiger partial charge is 0.320 e. The number of hydrogen-bond donors (Lipinski definition) is 0. The SMILES string of the molecule is CC.COC(=O)C(Cc1ccccc1)C(=O)OC. The van der Waals surface area contributed by atoms with Gasteiger partial charge in [-0.25, -0.2) is 0 Å². The van der Waals surface area contributed by atoms with Crippen molar-refractivity contribution >= 4 is 11.9 Å². The topological polar surface area (TPSA) is 52.6 Å². The molecule has 100 valence electrons. The first kappa shape index (κ1) is 16.2. The Hall–Kier alpha value is -1.84. The van der Waals surface area contributed by atoms with Crippen molar-refractivity contribution in [3.8, 4) is 0 Å². The molecule has 0 saturated heterocycles. The number of hydrogen-bond acceptors (Lipinski definition) is 4. The van der Waals surface area contributed by atoms with Gasteiger partial charge in [-0.1, -0.05) is 44.2 Å². The molecule has 0 spiro atoms. The van der Waals surface area contributed by atoms with Crippen LogP contribution in [0.2, 0.25) is 0 Å². The molecule has 18 heavy (non-hydrogen) atoms. The molecule has 0 aliphatic heterocycles. The molecule has 0 atom stereocenters. The fourth-order valence-corrected chi connectivity index (χ4v) is 1.40. The number of carbonyl (C=O) groups excluding carboxylic acids is 2. The Labute approximate surface area is 108 Å². The van der Waals surface area contributed by atoms with E-state index in [2.05, 4.69) is 9.47 Å². The van der Waals surface area contributed by atoms with E-state index in [0.29, 0.717) is 6.42 Å². The summed E-state index contributed by atoms with van der Waals surface area (Å²) in [6.07, 6.45) is 0.292. The second-order valence-corrected chi connectivity index (χ2v) is 3.29. The molecule has 0 radical (unpaired) electrons. The van der Waals surface area contributed by atoms with Crippen LogP contribution < -0.4 is 0 Å². The second kappa shape index (κ2) is 9.22. The van der Waals surface area contributed by atoms with Gasteiger partial charge in [0, 0.05) is 0 Å². The lowest BCUT2D eigenvalue weighted by atomic mass is 10.00. The van der Waals surface area contributed by atoms with Crippen LogP contribution in [0.15, 0.2) is 30.3 Å². The van der Waals surface area contributed by atoms with Crippen molar-refractivity contribution in [1.82, 2.24) is 0 Å². The van der Waals surface area contributed by atoms with Crippen LogP contribution in [0.1, 0.15) is 19.4 Å². The highest BCUT2D eigenvalue weighted by atomic mass is 16.5. The first-order valence-corrected chi connectivity index (χ1v) is 5.88. The summed E-state index contributed by atoms with van der Waals surface area (Å²) < 4.78 is 9.14. The third-order valence-corrected chi connectivity index (χ3v) is 2.25. The van der Waals surface area contributed by atoms with Gasteiger partial charge in [0.25, 0.3) is 0 Å². The lowest BCUT2D eigenvalue weighted by molar-refractivity contribution is -0.158. The summed E-state index contributed by atoms with van der Waals surface area (Å²) >= 11 is 0. The minimum absolute atomic E-state index is 0.292. The molecule has 4 heteroatoms. The Morgan fingerprint density at radius 1 is 1.00 bits per heavy atom. The third kappa shape index (κ3) is 4.99. The van der Waals surface area contributed by atoms with E-state index in [-0.39, 0.29) is 0 Å². The molecule has 0 aliphatic rings. The van der Waals surface area contributed by atoms with Gasteiger partial charge < -0.3 is 9.47 Å². The van der Waals surface area contributed by atoms with Crippen LogP contribution >= 0.6 is 0 Å².